The molecule has 1 spiro atoms. The van der Waals surface area contributed by atoms with Crippen molar-refractivity contribution in [1.29, 1.82) is 0 Å². The van der Waals surface area contributed by atoms with Crippen LogP contribution in [-0.2, 0) is 4.74 Å². The van der Waals surface area contributed by atoms with Crippen LogP contribution < -0.4 is 0 Å². The Morgan fingerprint density at radius 3 is 2.61 bits per heavy atom. The second kappa shape index (κ2) is 4.77. The Bertz CT molecular complexity index is 295. The molecule has 0 aromatic rings. The van der Waals surface area contributed by atoms with Gasteiger partial charge in [0.15, 0.2) is 0 Å². The molecule has 0 aromatic heterocycles. The average Bonchev–Trinajstić information content (AvgIpc) is 2.72. The zero-order chi connectivity index (χ0) is 12.6. The van der Waals surface area contributed by atoms with E-state index in [1.807, 2.05) is 0 Å². The third kappa shape index (κ3) is 2.33. The van der Waals surface area contributed by atoms with Crippen molar-refractivity contribution < 1.29 is 9.84 Å². The van der Waals surface area contributed by atoms with Crippen LogP contribution in [0.4, 0.5) is 0 Å². The van der Waals surface area contributed by atoms with E-state index in [4.69, 9.17) is 4.74 Å². The minimum Gasteiger partial charge on any atom is -0.388 e. The fourth-order valence-electron chi connectivity index (χ4n) is 4.37. The molecule has 3 rings (SSSR count). The lowest BCUT2D eigenvalue weighted by atomic mass is 9.70. The lowest BCUT2D eigenvalue weighted by molar-refractivity contribution is -0.153. The highest BCUT2D eigenvalue weighted by Gasteiger charge is 2.48. The van der Waals surface area contributed by atoms with Gasteiger partial charge < -0.3 is 14.7 Å². The van der Waals surface area contributed by atoms with Crippen molar-refractivity contribution in [3.05, 3.63) is 0 Å². The summed E-state index contributed by atoms with van der Waals surface area (Å²) >= 11 is 0. The molecule has 2 heterocycles. The lowest BCUT2D eigenvalue weighted by Gasteiger charge is -2.47. The first-order valence-corrected chi connectivity index (χ1v) is 7.67. The molecule has 3 nitrogen and oxygen atoms in total. The highest BCUT2D eigenvalue weighted by atomic mass is 16.5. The second-order valence-corrected chi connectivity index (χ2v) is 6.87. The van der Waals surface area contributed by atoms with Crippen molar-refractivity contribution in [2.24, 2.45) is 5.92 Å². The van der Waals surface area contributed by atoms with Gasteiger partial charge in [0.2, 0.25) is 0 Å². The third-order valence-electron chi connectivity index (χ3n) is 5.49. The van der Waals surface area contributed by atoms with Gasteiger partial charge in [-0.2, -0.15) is 0 Å². The highest BCUT2D eigenvalue weighted by Crippen LogP contribution is 2.45. The van der Waals surface area contributed by atoms with Gasteiger partial charge in [-0.3, -0.25) is 0 Å². The maximum absolute atomic E-state index is 10.9. The van der Waals surface area contributed by atoms with E-state index in [1.165, 1.54) is 32.1 Å². The maximum Gasteiger partial charge on any atom is 0.0816 e. The number of hydrogen-bond acceptors (Lipinski definition) is 3. The van der Waals surface area contributed by atoms with Gasteiger partial charge in [-0.15, -0.1) is 0 Å². The summed E-state index contributed by atoms with van der Waals surface area (Å²) in [5.74, 6) is 0.453. The number of β-amino-alcohol motifs (C(OH)–C–C–N with tert-alkyl or cyclic N) is 1. The third-order valence-corrected chi connectivity index (χ3v) is 5.49. The lowest BCUT2D eigenvalue weighted by Crippen LogP contribution is -2.50. The van der Waals surface area contributed by atoms with Crippen molar-refractivity contribution in [3.8, 4) is 0 Å². The van der Waals surface area contributed by atoms with Gasteiger partial charge >= 0.3 is 0 Å². The maximum atomic E-state index is 10.9. The van der Waals surface area contributed by atoms with Gasteiger partial charge in [0, 0.05) is 19.7 Å². The van der Waals surface area contributed by atoms with Crippen LogP contribution in [0.1, 0.15) is 51.4 Å². The van der Waals surface area contributed by atoms with Crippen molar-refractivity contribution in [2.45, 2.75) is 62.6 Å². The van der Waals surface area contributed by atoms with Crippen molar-refractivity contribution in [1.82, 2.24) is 4.90 Å². The molecule has 1 N–H and O–H groups in total. The Labute approximate surface area is 110 Å². The second-order valence-electron chi connectivity index (χ2n) is 6.87. The molecule has 104 valence electrons. The van der Waals surface area contributed by atoms with E-state index >= 15 is 0 Å². The summed E-state index contributed by atoms with van der Waals surface area (Å²) in [6.45, 7) is 2.76. The Balaban J connectivity index is 1.70. The summed E-state index contributed by atoms with van der Waals surface area (Å²) in [6, 6.07) is 0. The van der Waals surface area contributed by atoms with Crippen LogP contribution in [0.5, 0.6) is 0 Å². The van der Waals surface area contributed by atoms with Crippen molar-refractivity contribution in [3.63, 3.8) is 0 Å². The van der Waals surface area contributed by atoms with E-state index in [9.17, 15) is 5.11 Å². The van der Waals surface area contributed by atoms with Crippen LogP contribution >= 0.6 is 0 Å². The summed E-state index contributed by atoms with van der Waals surface area (Å²) < 4.78 is 6.14. The number of likely N-dealkylation sites (N-methyl/N-ethyl adjacent to an activating group) is 1. The van der Waals surface area contributed by atoms with E-state index in [1.54, 1.807) is 0 Å². The first-order chi connectivity index (χ1) is 8.62. The number of likely N-dealkylation sites (tertiary alicyclic amines) is 1. The smallest absolute Gasteiger partial charge is 0.0816 e. The average molecular weight is 253 g/mol. The first kappa shape index (κ1) is 12.9. The quantitative estimate of drug-likeness (QED) is 0.777. The molecule has 0 aromatic carbocycles. The van der Waals surface area contributed by atoms with Gasteiger partial charge in [-0.25, -0.2) is 0 Å². The summed E-state index contributed by atoms with van der Waals surface area (Å²) in [5, 5.41) is 10.9. The van der Waals surface area contributed by atoms with E-state index in [0.29, 0.717) is 5.92 Å². The van der Waals surface area contributed by atoms with Crippen LogP contribution in [0.3, 0.4) is 0 Å². The van der Waals surface area contributed by atoms with Crippen molar-refractivity contribution in [2.75, 3.05) is 26.7 Å². The molecule has 2 unspecified atom stereocenters. The topological polar surface area (TPSA) is 32.7 Å². The molecule has 0 radical (unpaired) electrons. The summed E-state index contributed by atoms with van der Waals surface area (Å²) in [7, 11) is 2.12. The molecule has 3 heteroatoms. The Kier molecular flexibility index (Phi) is 3.41. The number of rotatable bonds is 1. The summed E-state index contributed by atoms with van der Waals surface area (Å²) in [4.78, 5) is 2.27. The van der Waals surface area contributed by atoms with E-state index < -0.39 is 5.60 Å². The van der Waals surface area contributed by atoms with Crippen LogP contribution in [0, 0.1) is 5.92 Å². The van der Waals surface area contributed by atoms with Gasteiger partial charge in [-0.1, -0.05) is 19.3 Å². The normalized spacial score (nSPS) is 41.3. The minimum atomic E-state index is -0.441. The molecule has 1 saturated carbocycles. The van der Waals surface area contributed by atoms with Crippen molar-refractivity contribution >= 4 is 0 Å². The molecular weight excluding hydrogens is 226 g/mol. The Morgan fingerprint density at radius 2 is 1.94 bits per heavy atom. The molecule has 1 aliphatic carbocycles. The van der Waals surface area contributed by atoms with Gasteiger partial charge in [0.05, 0.1) is 11.2 Å². The zero-order valence-electron chi connectivity index (χ0n) is 11.7. The fraction of sp³-hybridized carbons (Fsp3) is 1.00. The number of hydrogen-bond donors (Lipinski definition) is 1. The number of nitrogens with zero attached hydrogens (tertiary/aromatic N) is 1. The molecule has 0 bridgehead atoms. The van der Waals surface area contributed by atoms with Crippen LogP contribution in [0.15, 0.2) is 0 Å². The first-order valence-electron chi connectivity index (χ1n) is 7.67. The SMILES string of the molecule is CN1CCC(O)(C2CCOC3(CCCCC3)C2)C1. The zero-order valence-corrected chi connectivity index (χ0v) is 11.7. The molecule has 0 amide bonds. The minimum absolute atomic E-state index is 0.123. The largest absolute Gasteiger partial charge is 0.388 e. The Morgan fingerprint density at radius 1 is 1.17 bits per heavy atom. The van der Waals surface area contributed by atoms with E-state index in [-0.39, 0.29) is 5.60 Å². The Hall–Kier alpha value is -0.120. The van der Waals surface area contributed by atoms with Gasteiger partial charge in [0.1, 0.15) is 0 Å². The summed E-state index contributed by atoms with van der Waals surface area (Å²) in [6.07, 6.45) is 9.51. The van der Waals surface area contributed by atoms with Crippen LogP contribution in [0.2, 0.25) is 0 Å². The molecule has 18 heavy (non-hydrogen) atoms. The van der Waals surface area contributed by atoms with Crippen LogP contribution in [-0.4, -0.2) is 48.0 Å². The monoisotopic (exact) mass is 253 g/mol. The molecule has 3 aliphatic rings. The van der Waals surface area contributed by atoms with E-state index in [0.717, 1.165) is 39.0 Å². The molecule has 3 fully saturated rings. The molecular formula is C15H27NO2. The molecule has 2 saturated heterocycles. The predicted molar refractivity (Wildman–Crippen MR) is 71.6 cm³/mol. The predicted octanol–water partition coefficient (Wildman–Crippen LogP) is 2.18. The van der Waals surface area contributed by atoms with Crippen LogP contribution in [0.25, 0.3) is 0 Å². The van der Waals surface area contributed by atoms with E-state index in [2.05, 4.69) is 11.9 Å². The van der Waals surface area contributed by atoms with Gasteiger partial charge in [-0.05, 0) is 45.1 Å². The standard InChI is InChI=1S/C15H27NO2/c1-16-9-8-15(17,12-16)13-5-10-18-14(11-13)6-3-2-4-7-14/h13,17H,2-12H2,1H3. The number of ether oxygens (including phenoxy) is 1. The molecule has 2 aliphatic heterocycles. The van der Waals surface area contributed by atoms with Gasteiger partial charge in [0.25, 0.3) is 0 Å². The fourth-order valence-corrected chi connectivity index (χ4v) is 4.37. The molecule has 2 atom stereocenters. The summed E-state index contributed by atoms with van der Waals surface area (Å²) in [5.41, 5.74) is -0.318. The highest BCUT2D eigenvalue weighted by molar-refractivity contribution is 5.00. The number of aliphatic hydroxyl groups is 1.